The van der Waals surface area contributed by atoms with Crippen LogP contribution < -0.4 is 0 Å². The van der Waals surface area contributed by atoms with Crippen molar-refractivity contribution < 1.29 is 5.11 Å². The Balaban J connectivity index is 2.34. The summed E-state index contributed by atoms with van der Waals surface area (Å²) >= 11 is 1.54. The van der Waals surface area contributed by atoms with Crippen molar-refractivity contribution >= 4 is 11.3 Å². The predicted molar refractivity (Wildman–Crippen MR) is 58.3 cm³/mol. The monoisotopic (exact) mass is 209 g/mol. The van der Waals surface area contributed by atoms with Gasteiger partial charge in [-0.2, -0.15) is 0 Å². The van der Waals surface area contributed by atoms with E-state index in [1.807, 2.05) is 13.0 Å². The summed E-state index contributed by atoms with van der Waals surface area (Å²) in [6, 6.07) is 0. The molecule has 0 spiro atoms. The normalized spacial score (nSPS) is 32.1. The molecular formula is C11H15NOS. The number of allylic oxidation sites excluding steroid dienone is 1. The molecule has 1 aromatic heterocycles. The van der Waals surface area contributed by atoms with Crippen LogP contribution in [-0.2, 0) is 5.60 Å². The molecule has 1 aromatic rings. The van der Waals surface area contributed by atoms with Crippen LogP contribution in [0.15, 0.2) is 17.7 Å². The molecule has 14 heavy (non-hydrogen) atoms. The second kappa shape index (κ2) is 3.48. The topological polar surface area (TPSA) is 33.1 Å². The fourth-order valence-corrected chi connectivity index (χ4v) is 2.77. The Morgan fingerprint density at radius 1 is 1.64 bits per heavy atom. The molecule has 2 nitrogen and oxygen atoms in total. The molecule has 0 aromatic carbocycles. The highest BCUT2D eigenvalue weighted by Gasteiger charge is 2.32. The summed E-state index contributed by atoms with van der Waals surface area (Å²) in [5.41, 5.74) is 2.00. The minimum Gasteiger partial charge on any atom is -0.380 e. The third-order valence-corrected chi connectivity index (χ3v) is 3.92. The zero-order chi connectivity index (χ0) is 10.2. The lowest BCUT2D eigenvalue weighted by Gasteiger charge is -2.29. The molecule has 1 heterocycles. The number of aryl methyl sites for hydroxylation is 1. The number of rotatable bonds is 1. The third kappa shape index (κ3) is 1.62. The summed E-state index contributed by atoms with van der Waals surface area (Å²) in [5.74, 6) is 0.587. The molecule has 0 fully saturated rings. The van der Waals surface area contributed by atoms with Crippen molar-refractivity contribution in [2.75, 3.05) is 0 Å². The Morgan fingerprint density at radius 2 is 2.43 bits per heavy atom. The molecule has 1 aliphatic rings. The summed E-state index contributed by atoms with van der Waals surface area (Å²) in [4.78, 5) is 5.18. The zero-order valence-electron chi connectivity index (χ0n) is 8.53. The second-order valence-electron chi connectivity index (χ2n) is 4.07. The fraction of sp³-hybridized carbons (Fsp3) is 0.545. The highest BCUT2D eigenvalue weighted by Crippen LogP contribution is 2.37. The molecule has 0 amide bonds. The van der Waals surface area contributed by atoms with Crippen LogP contribution in [0.2, 0.25) is 0 Å². The second-order valence-corrected chi connectivity index (χ2v) is 4.92. The average molecular weight is 209 g/mol. The van der Waals surface area contributed by atoms with Gasteiger partial charge in [0.1, 0.15) is 5.60 Å². The predicted octanol–water partition coefficient (Wildman–Crippen LogP) is 2.63. The lowest BCUT2D eigenvalue weighted by Crippen LogP contribution is -2.26. The van der Waals surface area contributed by atoms with Gasteiger partial charge in [0.05, 0.1) is 16.1 Å². The number of thiazole rings is 1. The quantitative estimate of drug-likeness (QED) is 0.721. The van der Waals surface area contributed by atoms with Crippen LogP contribution in [0, 0.1) is 12.8 Å². The number of aromatic nitrogens is 1. The van der Waals surface area contributed by atoms with Gasteiger partial charge >= 0.3 is 0 Å². The van der Waals surface area contributed by atoms with Crippen LogP contribution in [0.3, 0.4) is 0 Å². The van der Waals surface area contributed by atoms with Gasteiger partial charge in [0, 0.05) is 0 Å². The van der Waals surface area contributed by atoms with Gasteiger partial charge in [-0.3, -0.25) is 0 Å². The molecule has 1 aliphatic carbocycles. The first-order valence-corrected chi connectivity index (χ1v) is 5.82. The molecule has 2 unspecified atom stereocenters. The van der Waals surface area contributed by atoms with Crippen molar-refractivity contribution in [3.05, 3.63) is 28.2 Å². The number of aliphatic hydroxyl groups is 1. The highest BCUT2D eigenvalue weighted by molar-refractivity contribution is 7.09. The van der Waals surface area contributed by atoms with E-state index in [1.165, 1.54) is 0 Å². The molecule has 0 bridgehead atoms. The molecule has 0 saturated carbocycles. The maximum Gasteiger partial charge on any atom is 0.119 e. The maximum absolute atomic E-state index is 10.4. The molecule has 3 heteroatoms. The summed E-state index contributed by atoms with van der Waals surface area (Å²) in [6.07, 6.45) is 5.89. The molecule has 2 atom stereocenters. The Labute approximate surface area is 88.3 Å². The van der Waals surface area contributed by atoms with Gasteiger partial charge in [-0.1, -0.05) is 19.1 Å². The smallest absolute Gasteiger partial charge is 0.119 e. The summed E-state index contributed by atoms with van der Waals surface area (Å²) in [6.45, 7) is 4.13. The third-order valence-electron chi connectivity index (χ3n) is 2.82. The van der Waals surface area contributed by atoms with Gasteiger partial charge in [0.15, 0.2) is 0 Å². The maximum atomic E-state index is 10.4. The molecule has 2 rings (SSSR count). The molecule has 0 aliphatic heterocycles. The van der Waals surface area contributed by atoms with Crippen molar-refractivity contribution in [2.24, 2.45) is 5.92 Å². The standard InChI is InChI=1S/C11H15NOS/c1-8-3-5-11(13,6-4-8)10-9(2)12-7-14-10/h3,5,7-8,13H,4,6H2,1-2H3. The summed E-state index contributed by atoms with van der Waals surface area (Å²) in [7, 11) is 0. The molecule has 1 N–H and O–H groups in total. The van der Waals surface area contributed by atoms with E-state index in [1.54, 1.807) is 16.8 Å². The zero-order valence-corrected chi connectivity index (χ0v) is 9.34. The van der Waals surface area contributed by atoms with Gasteiger partial charge in [0.2, 0.25) is 0 Å². The van der Waals surface area contributed by atoms with Gasteiger partial charge in [0.25, 0.3) is 0 Å². The Kier molecular flexibility index (Phi) is 2.45. The first kappa shape index (κ1) is 9.87. The van der Waals surface area contributed by atoms with E-state index in [-0.39, 0.29) is 0 Å². The van der Waals surface area contributed by atoms with Crippen molar-refractivity contribution in [3.63, 3.8) is 0 Å². The SMILES string of the molecule is Cc1ncsc1C1(O)C=CC(C)CC1. The van der Waals surface area contributed by atoms with E-state index in [0.29, 0.717) is 5.92 Å². The largest absolute Gasteiger partial charge is 0.380 e. The van der Waals surface area contributed by atoms with Crippen LogP contribution >= 0.6 is 11.3 Å². The minimum atomic E-state index is -0.752. The van der Waals surface area contributed by atoms with Crippen molar-refractivity contribution in [1.29, 1.82) is 0 Å². The van der Waals surface area contributed by atoms with Crippen LogP contribution in [0.5, 0.6) is 0 Å². The Hall–Kier alpha value is -0.670. The minimum absolute atomic E-state index is 0.587. The van der Waals surface area contributed by atoms with E-state index in [0.717, 1.165) is 23.4 Å². The molecule has 0 radical (unpaired) electrons. The van der Waals surface area contributed by atoms with E-state index >= 15 is 0 Å². The highest BCUT2D eigenvalue weighted by atomic mass is 32.1. The number of hydrogen-bond acceptors (Lipinski definition) is 3. The van der Waals surface area contributed by atoms with Crippen molar-refractivity contribution in [1.82, 2.24) is 4.98 Å². The lowest BCUT2D eigenvalue weighted by atomic mass is 9.84. The van der Waals surface area contributed by atoms with Crippen LogP contribution in [0.25, 0.3) is 0 Å². The van der Waals surface area contributed by atoms with E-state index in [9.17, 15) is 5.11 Å². The summed E-state index contributed by atoms with van der Waals surface area (Å²) in [5, 5.41) is 10.4. The Bertz CT molecular complexity index is 358. The van der Waals surface area contributed by atoms with Gasteiger partial charge in [-0.05, 0) is 25.7 Å². The molecule has 76 valence electrons. The van der Waals surface area contributed by atoms with Crippen LogP contribution in [0.1, 0.15) is 30.3 Å². The molecular weight excluding hydrogens is 194 g/mol. The summed E-state index contributed by atoms with van der Waals surface area (Å²) < 4.78 is 0. The fourth-order valence-electron chi connectivity index (χ4n) is 1.86. The van der Waals surface area contributed by atoms with Crippen LogP contribution in [-0.4, -0.2) is 10.1 Å². The average Bonchev–Trinajstić information content (AvgIpc) is 2.58. The van der Waals surface area contributed by atoms with E-state index in [4.69, 9.17) is 0 Å². The van der Waals surface area contributed by atoms with Crippen LogP contribution in [0.4, 0.5) is 0 Å². The van der Waals surface area contributed by atoms with Crippen molar-refractivity contribution in [3.8, 4) is 0 Å². The lowest BCUT2D eigenvalue weighted by molar-refractivity contribution is 0.0702. The van der Waals surface area contributed by atoms with E-state index in [2.05, 4.69) is 18.0 Å². The van der Waals surface area contributed by atoms with Gasteiger partial charge in [-0.25, -0.2) is 4.98 Å². The first-order valence-electron chi connectivity index (χ1n) is 4.94. The Morgan fingerprint density at radius 3 is 2.93 bits per heavy atom. The van der Waals surface area contributed by atoms with Gasteiger partial charge in [-0.15, -0.1) is 11.3 Å². The number of hydrogen-bond donors (Lipinski definition) is 1. The van der Waals surface area contributed by atoms with Crippen molar-refractivity contribution in [2.45, 2.75) is 32.3 Å². The molecule has 0 saturated heterocycles. The first-order chi connectivity index (χ1) is 6.62. The number of nitrogens with zero attached hydrogens (tertiary/aromatic N) is 1. The van der Waals surface area contributed by atoms with Gasteiger partial charge < -0.3 is 5.11 Å². The van der Waals surface area contributed by atoms with E-state index < -0.39 is 5.60 Å².